The lowest BCUT2D eigenvalue weighted by atomic mass is 9.84. The predicted molar refractivity (Wildman–Crippen MR) is 120 cm³/mol. The molecule has 1 unspecified atom stereocenters. The molecule has 0 aliphatic heterocycles. The largest absolute Gasteiger partial charge is 0.481 e. The van der Waals surface area contributed by atoms with Crippen molar-refractivity contribution in [3.63, 3.8) is 0 Å². The maximum Gasteiger partial charge on any atom is 0.307 e. The summed E-state index contributed by atoms with van der Waals surface area (Å²) >= 11 is 0. The van der Waals surface area contributed by atoms with E-state index in [0.717, 1.165) is 12.3 Å². The highest BCUT2D eigenvalue weighted by Gasteiger charge is 2.33. The van der Waals surface area contributed by atoms with Gasteiger partial charge in [-0.05, 0) is 34.9 Å². The van der Waals surface area contributed by atoms with Crippen molar-refractivity contribution >= 4 is 23.9 Å². The minimum absolute atomic E-state index is 0.130. The van der Waals surface area contributed by atoms with Crippen LogP contribution >= 0.6 is 0 Å². The Bertz CT molecular complexity index is 990. The summed E-state index contributed by atoms with van der Waals surface area (Å²) in [6.45, 7) is 9.40. The zero-order valence-corrected chi connectivity index (χ0v) is 21.0. The van der Waals surface area contributed by atoms with Gasteiger partial charge in [0.15, 0.2) is 5.82 Å². The van der Waals surface area contributed by atoms with Crippen molar-refractivity contribution in [1.29, 1.82) is 0 Å². The monoisotopic (exact) mass is 484 g/mol. The van der Waals surface area contributed by atoms with Gasteiger partial charge in [-0.15, -0.1) is 5.10 Å². The first-order valence-corrected chi connectivity index (χ1v) is 16.1. The van der Waals surface area contributed by atoms with Crippen molar-refractivity contribution in [3.05, 3.63) is 23.8 Å². The molecule has 13 heteroatoms. The summed E-state index contributed by atoms with van der Waals surface area (Å²) < 4.78 is 30.5. The van der Waals surface area contributed by atoms with Gasteiger partial charge >= 0.3 is 5.97 Å². The van der Waals surface area contributed by atoms with E-state index in [2.05, 4.69) is 45.1 Å². The number of nitrogens with zero attached hydrogens (tertiary/aromatic N) is 6. The van der Waals surface area contributed by atoms with E-state index >= 15 is 0 Å². The Hall–Kier alpha value is -2.25. The van der Waals surface area contributed by atoms with Crippen LogP contribution in [-0.2, 0) is 32.5 Å². The number of ether oxygens (including phenoxy) is 1. The third-order valence-corrected chi connectivity index (χ3v) is 7.55. The molecule has 2 aromatic rings. The number of hydrogen-bond donors (Lipinski definition) is 1. The van der Waals surface area contributed by atoms with Gasteiger partial charge in [-0.1, -0.05) is 33.0 Å². The SMILES string of the molecule is CCCC(C(=O)O)[C@H](Cc1cnc(S(C)(=O)=O)nc1)c1nnnn1COCC[Si](C)(C)C. The van der Waals surface area contributed by atoms with Crippen LogP contribution in [0.3, 0.4) is 0 Å². The van der Waals surface area contributed by atoms with E-state index in [1.807, 2.05) is 6.92 Å². The Morgan fingerprint density at radius 2 is 1.91 bits per heavy atom. The number of aliphatic carboxylic acids is 1. The van der Waals surface area contributed by atoms with Crippen LogP contribution in [0.25, 0.3) is 0 Å². The minimum Gasteiger partial charge on any atom is -0.481 e. The standard InChI is InChI=1S/C19H32N6O5SSi/c1-6-7-15(18(26)27)16(10-14-11-20-19(21-12-14)31(2,28)29)17-22-23-24-25(17)13-30-8-9-32(3,4)5/h11-12,15-16H,6-10,13H2,1-5H3,(H,26,27)/t15?,16-/m0/s1. The first-order valence-electron chi connectivity index (χ1n) is 10.5. The number of carbonyl (C=O) groups is 1. The molecule has 0 aliphatic carbocycles. The lowest BCUT2D eigenvalue weighted by Gasteiger charge is -2.23. The van der Waals surface area contributed by atoms with E-state index in [4.69, 9.17) is 4.74 Å². The maximum atomic E-state index is 12.1. The van der Waals surface area contributed by atoms with Gasteiger partial charge in [0.2, 0.25) is 15.0 Å². The van der Waals surface area contributed by atoms with E-state index in [0.29, 0.717) is 30.8 Å². The van der Waals surface area contributed by atoms with Gasteiger partial charge < -0.3 is 9.84 Å². The molecule has 2 aromatic heterocycles. The number of carboxylic acids is 1. The topological polar surface area (TPSA) is 150 Å². The third-order valence-electron chi connectivity index (χ3n) is 4.97. The molecule has 0 fully saturated rings. The lowest BCUT2D eigenvalue weighted by molar-refractivity contribution is -0.143. The highest BCUT2D eigenvalue weighted by atomic mass is 32.2. The molecule has 1 N–H and O–H groups in total. The van der Waals surface area contributed by atoms with Crippen LogP contribution in [-0.4, -0.2) is 70.6 Å². The zero-order chi connectivity index (χ0) is 23.9. The fraction of sp³-hybridized carbons (Fsp3) is 0.684. The van der Waals surface area contributed by atoms with Gasteiger partial charge in [-0.3, -0.25) is 4.79 Å². The molecule has 2 atom stereocenters. The molecule has 11 nitrogen and oxygen atoms in total. The van der Waals surface area contributed by atoms with Crippen molar-refractivity contribution in [2.45, 2.75) is 69.7 Å². The molecule has 0 saturated heterocycles. The van der Waals surface area contributed by atoms with Crippen LogP contribution in [0, 0.1) is 5.92 Å². The fourth-order valence-corrected chi connectivity index (χ4v) is 4.46. The average molecular weight is 485 g/mol. The summed E-state index contributed by atoms with van der Waals surface area (Å²) in [6, 6.07) is 0.992. The molecule has 0 aliphatic rings. The fourth-order valence-electron chi connectivity index (χ4n) is 3.21. The number of carboxylic acid groups (broad SMARTS) is 1. The first kappa shape index (κ1) is 26.0. The number of aromatic nitrogens is 6. The molecule has 178 valence electrons. The summed E-state index contributed by atoms with van der Waals surface area (Å²) in [5.74, 6) is -1.83. The molecule has 32 heavy (non-hydrogen) atoms. The second-order valence-corrected chi connectivity index (χ2v) is 16.6. The summed E-state index contributed by atoms with van der Waals surface area (Å²) in [4.78, 5) is 19.9. The summed E-state index contributed by atoms with van der Waals surface area (Å²) in [5.41, 5.74) is 0.596. The van der Waals surface area contributed by atoms with Gasteiger partial charge in [-0.2, -0.15) is 0 Å². The summed E-state index contributed by atoms with van der Waals surface area (Å²) in [7, 11) is -4.77. The van der Waals surface area contributed by atoms with Gasteiger partial charge in [0.1, 0.15) is 6.73 Å². The highest BCUT2D eigenvalue weighted by molar-refractivity contribution is 7.90. The van der Waals surface area contributed by atoms with E-state index < -0.39 is 35.7 Å². The number of rotatable bonds is 13. The third kappa shape index (κ3) is 7.71. The van der Waals surface area contributed by atoms with Crippen molar-refractivity contribution in [1.82, 2.24) is 30.2 Å². The van der Waals surface area contributed by atoms with E-state index in [-0.39, 0.29) is 18.3 Å². The summed E-state index contributed by atoms with van der Waals surface area (Å²) in [5, 5.41) is 21.5. The smallest absolute Gasteiger partial charge is 0.307 e. The summed E-state index contributed by atoms with van der Waals surface area (Å²) in [6.07, 6.45) is 5.19. The van der Waals surface area contributed by atoms with Crippen molar-refractivity contribution < 1.29 is 23.1 Å². The van der Waals surface area contributed by atoms with Gasteiger partial charge in [-0.25, -0.2) is 23.1 Å². The second-order valence-electron chi connectivity index (χ2n) is 9.07. The van der Waals surface area contributed by atoms with Crippen LogP contribution < -0.4 is 0 Å². The molecular formula is C19H32N6O5SSi. The Labute approximate surface area is 189 Å². The Balaban J connectivity index is 2.29. The molecule has 2 rings (SSSR count). The van der Waals surface area contributed by atoms with Crippen molar-refractivity contribution in [2.75, 3.05) is 12.9 Å². The predicted octanol–water partition coefficient (Wildman–Crippen LogP) is 2.01. The molecule has 0 saturated carbocycles. The molecule has 2 heterocycles. The Morgan fingerprint density at radius 3 is 2.44 bits per heavy atom. The van der Waals surface area contributed by atoms with Crippen molar-refractivity contribution in [3.8, 4) is 0 Å². The number of sulfone groups is 1. The number of tetrazole rings is 1. The molecular weight excluding hydrogens is 452 g/mol. The van der Waals surface area contributed by atoms with E-state index in [1.165, 1.54) is 17.1 Å². The lowest BCUT2D eigenvalue weighted by Crippen LogP contribution is -2.27. The second kappa shape index (κ2) is 11.1. The molecule has 0 bridgehead atoms. The quantitative estimate of drug-likeness (QED) is 0.254. The molecule has 0 spiro atoms. The first-order chi connectivity index (χ1) is 14.9. The highest BCUT2D eigenvalue weighted by Crippen LogP contribution is 2.30. The van der Waals surface area contributed by atoms with Crippen LogP contribution in [0.15, 0.2) is 17.6 Å². The molecule has 0 radical (unpaired) electrons. The van der Waals surface area contributed by atoms with Gasteiger partial charge in [0.25, 0.3) is 0 Å². The minimum atomic E-state index is -3.53. The zero-order valence-electron chi connectivity index (χ0n) is 19.2. The Morgan fingerprint density at radius 1 is 1.25 bits per heavy atom. The van der Waals surface area contributed by atoms with E-state index in [1.54, 1.807) is 0 Å². The molecule has 0 amide bonds. The maximum absolute atomic E-state index is 12.1. The number of hydrogen-bond acceptors (Lipinski definition) is 9. The van der Waals surface area contributed by atoms with Crippen LogP contribution in [0.5, 0.6) is 0 Å². The van der Waals surface area contributed by atoms with Gasteiger partial charge in [0.05, 0.1) is 5.92 Å². The van der Waals surface area contributed by atoms with Gasteiger partial charge in [0, 0.05) is 39.2 Å². The van der Waals surface area contributed by atoms with Crippen LogP contribution in [0.4, 0.5) is 0 Å². The average Bonchev–Trinajstić information content (AvgIpc) is 3.15. The molecule has 0 aromatic carbocycles. The van der Waals surface area contributed by atoms with Crippen LogP contribution in [0.2, 0.25) is 25.7 Å². The van der Waals surface area contributed by atoms with Crippen LogP contribution in [0.1, 0.15) is 37.1 Å². The van der Waals surface area contributed by atoms with Crippen molar-refractivity contribution in [2.24, 2.45) is 5.92 Å². The Kier molecular flexibility index (Phi) is 8.98. The normalized spacial score (nSPS) is 14.3. The van der Waals surface area contributed by atoms with E-state index in [9.17, 15) is 18.3 Å².